The van der Waals surface area contributed by atoms with Crippen LogP contribution in [-0.4, -0.2) is 18.0 Å². The smallest absolute Gasteiger partial charge is 0.0677 e. The lowest BCUT2D eigenvalue weighted by Gasteiger charge is -2.30. The molecule has 2 aromatic carbocycles. The van der Waals surface area contributed by atoms with Gasteiger partial charge in [0, 0.05) is 11.4 Å². The molecule has 2 aromatic rings. The molecule has 1 atom stereocenters. The molecular weight excluding hydrogens is 278 g/mol. The van der Waals surface area contributed by atoms with Gasteiger partial charge in [-0.3, -0.25) is 0 Å². The Bertz CT molecular complexity index is 628. The van der Waals surface area contributed by atoms with Crippen molar-refractivity contribution in [3.8, 4) is 0 Å². The first-order valence-electron chi connectivity index (χ1n) is 7.35. The van der Waals surface area contributed by atoms with Gasteiger partial charge in [-0.25, -0.2) is 0 Å². The number of aryl methyl sites for hydroxylation is 1. The van der Waals surface area contributed by atoms with Crippen LogP contribution in [0.5, 0.6) is 0 Å². The fraction of sp³-hybridized carbons (Fsp3) is 0.333. The van der Waals surface area contributed by atoms with E-state index in [0.717, 1.165) is 19.4 Å². The van der Waals surface area contributed by atoms with Gasteiger partial charge in [-0.15, -0.1) is 11.8 Å². The average molecular weight is 299 g/mol. The van der Waals surface area contributed by atoms with Crippen LogP contribution in [0.15, 0.2) is 53.4 Å². The highest BCUT2D eigenvalue weighted by Crippen LogP contribution is 2.37. The SMILES string of the molecule is CSc1ccccc1CNC1(CO)CCc2ccccc21. The molecule has 0 spiro atoms. The second-order valence-electron chi connectivity index (χ2n) is 5.56. The summed E-state index contributed by atoms with van der Waals surface area (Å²) >= 11 is 1.77. The third kappa shape index (κ3) is 2.73. The first kappa shape index (κ1) is 14.6. The molecule has 1 unspecified atom stereocenters. The quantitative estimate of drug-likeness (QED) is 0.831. The maximum absolute atomic E-state index is 10.0. The standard InChI is InChI=1S/C18H21NOS/c1-21-17-9-5-3-7-15(17)12-19-18(13-20)11-10-14-6-2-4-8-16(14)18/h2-9,19-20H,10-13H2,1H3. The van der Waals surface area contributed by atoms with Crippen LogP contribution in [0.2, 0.25) is 0 Å². The molecular formula is C18H21NOS. The molecule has 0 radical (unpaired) electrons. The normalized spacial score (nSPS) is 20.5. The van der Waals surface area contributed by atoms with Gasteiger partial charge in [-0.05, 0) is 41.9 Å². The first-order chi connectivity index (χ1) is 10.3. The first-order valence-corrected chi connectivity index (χ1v) is 8.58. The number of aliphatic hydroxyl groups excluding tert-OH is 1. The van der Waals surface area contributed by atoms with Crippen LogP contribution < -0.4 is 5.32 Å². The monoisotopic (exact) mass is 299 g/mol. The average Bonchev–Trinajstić information content (AvgIpc) is 2.93. The molecule has 0 heterocycles. The van der Waals surface area contributed by atoms with Crippen LogP contribution in [0.4, 0.5) is 0 Å². The highest BCUT2D eigenvalue weighted by Gasteiger charge is 2.37. The van der Waals surface area contributed by atoms with E-state index in [-0.39, 0.29) is 12.1 Å². The second kappa shape index (κ2) is 6.22. The Labute approximate surface area is 130 Å². The van der Waals surface area contributed by atoms with E-state index >= 15 is 0 Å². The molecule has 1 aliphatic carbocycles. The molecule has 1 aliphatic rings. The van der Waals surface area contributed by atoms with Crippen molar-refractivity contribution in [1.29, 1.82) is 0 Å². The van der Waals surface area contributed by atoms with Crippen molar-refractivity contribution in [3.05, 3.63) is 65.2 Å². The van der Waals surface area contributed by atoms with Gasteiger partial charge in [0.05, 0.1) is 12.1 Å². The van der Waals surface area contributed by atoms with E-state index < -0.39 is 0 Å². The summed E-state index contributed by atoms with van der Waals surface area (Å²) in [5, 5.41) is 13.6. The number of hydrogen-bond donors (Lipinski definition) is 2. The Kier molecular flexibility index (Phi) is 4.34. The maximum Gasteiger partial charge on any atom is 0.0677 e. The molecule has 0 bridgehead atoms. The third-order valence-corrected chi connectivity index (χ3v) is 5.27. The van der Waals surface area contributed by atoms with Crippen LogP contribution in [-0.2, 0) is 18.5 Å². The zero-order chi connectivity index (χ0) is 14.7. The van der Waals surface area contributed by atoms with E-state index in [1.54, 1.807) is 11.8 Å². The van der Waals surface area contributed by atoms with Crippen molar-refractivity contribution in [2.24, 2.45) is 0 Å². The summed E-state index contributed by atoms with van der Waals surface area (Å²) in [6.45, 7) is 0.928. The van der Waals surface area contributed by atoms with Gasteiger partial charge in [0.15, 0.2) is 0 Å². The van der Waals surface area contributed by atoms with Gasteiger partial charge in [0.25, 0.3) is 0 Å². The van der Waals surface area contributed by atoms with Crippen LogP contribution in [0.1, 0.15) is 23.1 Å². The van der Waals surface area contributed by atoms with Crippen LogP contribution >= 0.6 is 11.8 Å². The van der Waals surface area contributed by atoms with Gasteiger partial charge >= 0.3 is 0 Å². The van der Waals surface area contributed by atoms with Crippen molar-refractivity contribution in [1.82, 2.24) is 5.32 Å². The number of rotatable bonds is 5. The minimum atomic E-state index is -0.290. The Morgan fingerprint density at radius 2 is 1.90 bits per heavy atom. The van der Waals surface area contributed by atoms with E-state index in [1.807, 2.05) is 0 Å². The molecule has 0 saturated heterocycles. The third-order valence-electron chi connectivity index (χ3n) is 4.43. The minimum Gasteiger partial charge on any atom is -0.394 e. The summed E-state index contributed by atoms with van der Waals surface area (Å²) in [5.74, 6) is 0. The molecule has 0 aliphatic heterocycles. The van der Waals surface area contributed by atoms with Gasteiger partial charge in [-0.1, -0.05) is 42.5 Å². The summed E-state index contributed by atoms with van der Waals surface area (Å²) < 4.78 is 0. The molecule has 0 fully saturated rings. The summed E-state index contributed by atoms with van der Waals surface area (Å²) in [7, 11) is 0. The van der Waals surface area contributed by atoms with E-state index in [9.17, 15) is 5.11 Å². The molecule has 110 valence electrons. The number of aliphatic hydroxyl groups is 1. The summed E-state index contributed by atoms with van der Waals surface area (Å²) in [4.78, 5) is 1.30. The molecule has 3 rings (SSSR count). The van der Waals surface area contributed by atoms with E-state index in [0.29, 0.717) is 0 Å². The molecule has 0 amide bonds. The topological polar surface area (TPSA) is 32.3 Å². The predicted molar refractivity (Wildman–Crippen MR) is 88.6 cm³/mol. The Morgan fingerprint density at radius 1 is 1.14 bits per heavy atom. The number of thioether (sulfide) groups is 1. The van der Waals surface area contributed by atoms with Crippen molar-refractivity contribution in [2.45, 2.75) is 29.8 Å². The summed E-state index contributed by atoms with van der Waals surface area (Å²) in [5.41, 5.74) is 3.62. The highest BCUT2D eigenvalue weighted by atomic mass is 32.2. The van der Waals surface area contributed by atoms with E-state index in [1.165, 1.54) is 21.6 Å². The lowest BCUT2D eigenvalue weighted by molar-refractivity contribution is 0.158. The zero-order valence-electron chi connectivity index (χ0n) is 12.3. The molecule has 21 heavy (non-hydrogen) atoms. The number of benzene rings is 2. The van der Waals surface area contributed by atoms with Gasteiger partial charge < -0.3 is 10.4 Å². The minimum absolute atomic E-state index is 0.144. The van der Waals surface area contributed by atoms with Crippen molar-refractivity contribution < 1.29 is 5.11 Å². The number of fused-ring (bicyclic) bond motifs is 1. The Balaban J connectivity index is 1.83. The van der Waals surface area contributed by atoms with E-state index in [4.69, 9.17) is 0 Å². The summed E-state index contributed by atoms with van der Waals surface area (Å²) in [6.07, 6.45) is 4.10. The highest BCUT2D eigenvalue weighted by molar-refractivity contribution is 7.98. The molecule has 0 aromatic heterocycles. The van der Waals surface area contributed by atoms with Crippen LogP contribution in [0.25, 0.3) is 0 Å². The van der Waals surface area contributed by atoms with Crippen LogP contribution in [0, 0.1) is 0 Å². The van der Waals surface area contributed by atoms with Crippen molar-refractivity contribution in [3.63, 3.8) is 0 Å². The molecule has 0 saturated carbocycles. The largest absolute Gasteiger partial charge is 0.394 e. The van der Waals surface area contributed by atoms with Crippen LogP contribution in [0.3, 0.4) is 0 Å². The predicted octanol–water partition coefficient (Wildman–Crippen LogP) is 3.33. The molecule has 2 nitrogen and oxygen atoms in total. The lowest BCUT2D eigenvalue weighted by atomic mass is 9.92. The molecule has 2 N–H and O–H groups in total. The van der Waals surface area contributed by atoms with Crippen molar-refractivity contribution in [2.75, 3.05) is 12.9 Å². The Hall–Kier alpha value is -1.29. The number of nitrogens with one attached hydrogen (secondary N) is 1. The van der Waals surface area contributed by atoms with Gasteiger partial charge in [-0.2, -0.15) is 0 Å². The van der Waals surface area contributed by atoms with Gasteiger partial charge in [0.2, 0.25) is 0 Å². The lowest BCUT2D eigenvalue weighted by Crippen LogP contribution is -2.43. The fourth-order valence-corrected chi connectivity index (χ4v) is 3.82. The molecule has 3 heteroatoms. The maximum atomic E-state index is 10.0. The summed E-state index contributed by atoms with van der Waals surface area (Å²) in [6, 6.07) is 16.9. The van der Waals surface area contributed by atoms with Gasteiger partial charge in [0.1, 0.15) is 0 Å². The zero-order valence-corrected chi connectivity index (χ0v) is 13.1. The van der Waals surface area contributed by atoms with E-state index in [2.05, 4.69) is 60.1 Å². The second-order valence-corrected chi connectivity index (χ2v) is 6.41. The number of hydrogen-bond acceptors (Lipinski definition) is 3. The van der Waals surface area contributed by atoms with Crippen molar-refractivity contribution >= 4 is 11.8 Å². The fourth-order valence-electron chi connectivity index (χ4n) is 3.21. The Morgan fingerprint density at radius 3 is 2.71 bits per heavy atom.